The molecular formula is C53H100N2O6P+. The zero-order valence-corrected chi connectivity index (χ0v) is 42.0. The van der Waals surface area contributed by atoms with E-state index in [1.54, 1.807) is 6.08 Å². The van der Waals surface area contributed by atoms with Gasteiger partial charge >= 0.3 is 7.82 Å². The zero-order chi connectivity index (χ0) is 45.7. The number of aliphatic hydroxyl groups is 1. The van der Waals surface area contributed by atoms with Crippen molar-refractivity contribution in [1.29, 1.82) is 0 Å². The number of hydrogen-bond acceptors (Lipinski definition) is 5. The quantitative estimate of drug-likeness (QED) is 0.0243. The number of likely N-dealkylation sites (N-methyl/N-ethyl adjacent to an activating group) is 1. The minimum absolute atomic E-state index is 0.0521. The molecule has 3 N–H and O–H groups in total. The molecule has 62 heavy (non-hydrogen) atoms. The number of carbonyl (C=O) groups excluding carboxylic acids is 1. The number of phosphoric acid groups is 1. The van der Waals surface area contributed by atoms with Gasteiger partial charge in [-0.05, 0) is 77.0 Å². The Kier molecular flexibility index (Phi) is 43.1. The molecule has 0 fully saturated rings. The summed E-state index contributed by atoms with van der Waals surface area (Å²) in [6, 6.07) is -0.870. The fourth-order valence-electron chi connectivity index (χ4n) is 7.10. The molecule has 0 aromatic carbocycles. The van der Waals surface area contributed by atoms with Gasteiger partial charge in [-0.15, -0.1) is 0 Å². The predicted octanol–water partition coefficient (Wildman–Crippen LogP) is 15.0. The maximum Gasteiger partial charge on any atom is 0.472 e. The summed E-state index contributed by atoms with van der Waals surface area (Å²) in [4.78, 5) is 23.2. The van der Waals surface area contributed by atoms with Crippen LogP contribution in [0.25, 0.3) is 0 Å². The monoisotopic (exact) mass is 892 g/mol. The van der Waals surface area contributed by atoms with Crippen LogP contribution in [0.1, 0.15) is 219 Å². The summed E-state index contributed by atoms with van der Waals surface area (Å²) in [7, 11) is 1.54. The summed E-state index contributed by atoms with van der Waals surface area (Å²) in [5.41, 5.74) is 0. The van der Waals surface area contributed by atoms with Gasteiger partial charge in [0, 0.05) is 6.42 Å². The third kappa shape index (κ3) is 46.2. The summed E-state index contributed by atoms with van der Waals surface area (Å²) in [6.45, 7) is 4.74. The van der Waals surface area contributed by atoms with Crippen LogP contribution in [0.2, 0.25) is 0 Å². The lowest BCUT2D eigenvalue weighted by Crippen LogP contribution is -2.45. The third-order valence-corrected chi connectivity index (χ3v) is 12.2. The molecule has 0 aliphatic carbocycles. The van der Waals surface area contributed by atoms with Crippen LogP contribution in [0.4, 0.5) is 0 Å². The lowest BCUT2D eigenvalue weighted by atomic mass is 10.0. The molecule has 0 aliphatic rings. The van der Waals surface area contributed by atoms with Crippen molar-refractivity contribution < 1.29 is 32.9 Å². The van der Waals surface area contributed by atoms with Gasteiger partial charge in [0.2, 0.25) is 5.91 Å². The molecule has 0 aromatic heterocycles. The molecule has 0 spiro atoms. The highest BCUT2D eigenvalue weighted by Crippen LogP contribution is 2.43. The van der Waals surface area contributed by atoms with E-state index in [1.807, 2.05) is 27.2 Å². The van der Waals surface area contributed by atoms with Crippen molar-refractivity contribution in [2.75, 3.05) is 40.9 Å². The number of rotatable bonds is 46. The van der Waals surface area contributed by atoms with E-state index in [-0.39, 0.29) is 19.1 Å². The van der Waals surface area contributed by atoms with Crippen molar-refractivity contribution in [2.45, 2.75) is 231 Å². The van der Waals surface area contributed by atoms with Gasteiger partial charge in [0.05, 0.1) is 39.9 Å². The van der Waals surface area contributed by atoms with E-state index in [4.69, 9.17) is 9.05 Å². The van der Waals surface area contributed by atoms with Crippen LogP contribution < -0.4 is 5.32 Å². The predicted molar refractivity (Wildman–Crippen MR) is 267 cm³/mol. The third-order valence-electron chi connectivity index (χ3n) is 11.2. The number of amides is 1. The van der Waals surface area contributed by atoms with Crippen molar-refractivity contribution in [2.24, 2.45) is 0 Å². The van der Waals surface area contributed by atoms with Crippen LogP contribution in [0, 0.1) is 0 Å². The average Bonchev–Trinajstić information content (AvgIpc) is 3.23. The van der Waals surface area contributed by atoms with E-state index in [0.29, 0.717) is 17.4 Å². The molecule has 3 atom stereocenters. The van der Waals surface area contributed by atoms with Crippen LogP contribution in [-0.2, 0) is 18.4 Å². The molecule has 0 radical (unpaired) electrons. The van der Waals surface area contributed by atoms with Gasteiger partial charge in [-0.3, -0.25) is 13.8 Å². The Hall–Kier alpha value is -1.80. The fraction of sp³-hybridized carbons (Fsp3) is 0.792. The van der Waals surface area contributed by atoms with Gasteiger partial charge in [0.1, 0.15) is 13.2 Å². The zero-order valence-electron chi connectivity index (χ0n) is 41.1. The first-order valence-corrected chi connectivity index (χ1v) is 27.2. The summed E-state index contributed by atoms with van der Waals surface area (Å²) in [6.07, 6.45) is 58.9. The maximum atomic E-state index is 12.9. The van der Waals surface area contributed by atoms with E-state index in [0.717, 1.165) is 57.8 Å². The Balaban J connectivity index is 4.20. The second kappa shape index (κ2) is 44.4. The van der Waals surface area contributed by atoms with E-state index in [1.165, 1.54) is 141 Å². The normalized spacial score (nSPS) is 14.6. The van der Waals surface area contributed by atoms with Gasteiger partial charge in [-0.25, -0.2) is 4.57 Å². The SMILES string of the molecule is CCCCC/C=C/CC/C=C/CC/C=C/C(O)C(COP(=O)(O)OCC[N+](C)(C)C)NC(=O)CCCCCCCCCCCCCCCCC/C=C\C/C=C\CCCCCCC. The minimum atomic E-state index is -4.35. The number of phosphoric ester groups is 1. The van der Waals surface area contributed by atoms with Gasteiger partial charge in [-0.1, -0.05) is 197 Å². The smallest absolute Gasteiger partial charge is 0.387 e. The Labute approximate surface area is 383 Å². The molecule has 0 rings (SSSR count). The van der Waals surface area contributed by atoms with Crippen LogP contribution in [0.3, 0.4) is 0 Å². The first kappa shape index (κ1) is 60.2. The van der Waals surface area contributed by atoms with Crippen molar-refractivity contribution >= 4 is 13.7 Å². The lowest BCUT2D eigenvalue weighted by molar-refractivity contribution is -0.870. The van der Waals surface area contributed by atoms with Crippen molar-refractivity contribution in [3.8, 4) is 0 Å². The van der Waals surface area contributed by atoms with E-state index in [2.05, 4.69) is 67.8 Å². The summed E-state index contributed by atoms with van der Waals surface area (Å²) in [5.74, 6) is -0.193. The molecule has 1 amide bonds. The Morgan fingerprint density at radius 2 is 0.935 bits per heavy atom. The molecule has 8 nitrogen and oxygen atoms in total. The number of nitrogens with one attached hydrogen (secondary N) is 1. The molecule has 0 saturated heterocycles. The number of nitrogens with zero attached hydrogens (tertiary/aromatic N) is 1. The number of carbonyl (C=O) groups is 1. The number of aliphatic hydroxyl groups excluding tert-OH is 1. The largest absolute Gasteiger partial charge is 0.472 e. The van der Waals surface area contributed by atoms with Gasteiger partial charge in [0.25, 0.3) is 0 Å². The van der Waals surface area contributed by atoms with Crippen LogP contribution >= 0.6 is 7.82 Å². The topological polar surface area (TPSA) is 105 Å². The van der Waals surface area contributed by atoms with E-state index >= 15 is 0 Å². The molecule has 362 valence electrons. The number of allylic oxidation sites excluding steroid dienone is 9. The van der Waals surface area contributed by atoms with Gasteiger partial charge < -0.3 is 19.8 Å². The Morgan fingerprint density at radius 1 is 0.548 bits per heavy atom. The molecule has 0 aromatic rings. The second-order valence-electron chi connectivity index (χ2n) is 18.5. The highest BCUT2D eigenvalue weighted by atomic mass is 31.2. The van der Waals surface area contributed by atoms with Crippen molar-refractivity contribution in [3.63, 3.8) is 0 Å². The molecule has 0 bridgehead atoms. The van der Waals surface area contributed by atoms with Crippen molar-refractivity contribution in [1.82, 2.24) is 5.32 Å². The van der Waals surface area contributed by atoms with E-state index in [9.17, 15) is 19.4 Å². The van der Waals surface area contributed by atoms with Crippen LogP contribution in [0.5, 0.6) is 0 Å². The number of hydrogen-bond donors (Lipinski definition) is 3. The molecule has 0 heterocycles. The van der Waals surface area contributed by atoms with E-state index < -0.39 is 20.0 Å². The fourth-order valence-corrected chi connectivity index (χ4v) is 7.84. The Bertz CT molecular complexity index is 1190. The maximum absolute atomic E-state index is 12.9. The molecule has 3 unspecified atom stereocenters. The van der Waals surface area contributed by atoms with Crippen LogP contribution in [-0.4, -0.2) is 73.4 Å². The van der Waals surface area contributed by atoms with Crippen LogP contribution in [0.15, 0.2) is 60.8 Å². The minimum Gasteiger partial charge on any atom is -0.387 e. The summed E-state index contributed by atoms with van der Waals surface area (Å²) in [5, 5.41) is 13.8. The lowest BCUT2D eigenvalue weighted by Gasteiger charge is -2.25. The standard InChI is InChI=1S/C53H99N2O6P/c1-6-8-10-12-14-16-18-20-21-22-23-24-25-26-27-28-29-30-31-32-33-35-37-39-41-43-45-47-53(57)54-51(50-61-62(58,59)60-49-48-55(3,4)5)52(56)46-44-42-40-38-36-34-19-17-15-13-11-9-7-2/h15,17-18,20,22-23,36,38,44,46,51-52,56H,6-14,16,19,21,24-35,37,39-43,45,47-50H2,1-5H3,(H-,54,57,58,59)/p+1/b17-15+,20-18-,23-22-,38-36+,46-44+. The van der Waals surface area contributed by atoms with Gasteiger partial charge in [-0.2, -0.15) is 0 Å². The molecular weight excluding hydrogens is 792 g/mol. The summed E-state index contributed by atoms with van der Waals surface area (Å²) >= 11 is 0. The first-order chi connectivity index (χ1) is 30.0. The van der Waals surface area contributed by atoms with Gasteiger partial charge in [0.15, 0.2) is 0 Å². The summed E-state index contributed by atoms with van der Waals surface area (Å²) < 4.78 is 23.6. The highest BCUT2D eigenvalue weighted by molar-refractivity contribution is 7.47. The highest BCUT2D eigenvalue weighted by Gasteiger charge is 2.27. The average molecular weight is 892 g/mol. The molecule has 0 saturated carbocycles. The Morgan fingerprint density at radius 3 is 1.42 bits per heavy atom. The number of quaternary nitrogens is 1. The first-order valence-electron chi connectivity index (χ1n) is 25.7. The molecule has 9 heteroatoms. The molecule has 0 aliphatic heterocycles. The van der Waals surface area contributed by atoms with Crippen molar-refractivity contribution in [3.05, 3.63) is 60.8 Å². The second-order valence-corrected chi connectivity index (χ2v) is 20.0. The number of unbranched alkanes of at least 4 members (excludes halogenated alkanes) is 25.